The molecule has 1 aliphatic rings. The number of hydrogen-bond acceptors (Lipinski definition) is 1. The van der Waals surface area contributed by atoms with E-state index in [4.69, 9.17) is 0 Å². The topological polar surface area (TPSA) is 0 Å². The molecule has 0 atom stereocenters. The zero-order valence-electron chi connectivity index (χ0n) is 31.2. The second kappa shape index (κ2) is 11.7. The first-order chi connectivity index (χ1) is 27.6. The molecule has 262 valence electrons. The Labute approximate surface area is 329 Å². The molecule has 56 heavy (non-hydrogen) atoms. The average Bonchev–Trinajstić information content (AvgIpc) is 3.74. The Kier molecular flexibility index (Phi) is 6.66. The van der Waals surface area contributed by atoms with Crippen LogP contribution in [0.15, 0.2) is 182 Å². The van der Waals surface area contributed by atoms with Gasteiger partial charge in [-0.05, 0) is 111 Å². The minimum absolute atomic E-state index is 0.115. The maximum absolute atomic E-state index is 2.52. The van der Waals surface area contributed by atoms with Gasteiger partial charge in [-0.25, -0.2) is 0 Å². The molecule has 12 rings (SSSR count). The van der Waals surface area contributed by atoms with Crippen molar-refractivity contribution in [2.75, 3.05) is 0 Å². The molecule has 0 nitrogen and oxygen atoms in total. The second-order valence-electron chi connectivity index (χ2n) is 15.9. The van der Waals surface area contributed by atoms with Crippen LogP contribution >= 0.6 is 11.3 Å². The van der Waals surface area contributed by atoms with Crippen molar-refractivity contribution in [1.29, 1.82) is 0 Å². The molecule has 1 aliphatic carbocycles. The van der Waals surface area contributed by atoms with Gasteiger partial charge in [0, 0.05) is 25.6 Å². The number of hydrogen-bond donors (Lipinski definition) is 0. The van der Waals surface area contributed by atoms with E-state index in [1.807, 2.05) is 11.3 Å². The highest BCUT2D eigenvalue weighted by Crippen LogP contribution is 2.58. The standard InChI is InChI=1S/C55H36S/c1-55(2)47-31-30-34-15-4-6-18-38(34)51(47)46-32-45(52-44-23-11-12-25-48(44)56-54(52)53(46)55)35-26-28-36(29-27-35)49-40-19-7-9-21-42(40)50(43-22-10-8-20-41(43)49)39-24-13-16-33-14-3-5-17-37(33)39/h3-32H,1-2H3. The van der Waals surface area contributed by atoms with E-state index >= 15 is 0 Å². The molecule has 0 fully saturated rings. The summed E-state index contributed by atoms with van der Waals surface area (Å²) in [6.45, 7) is 4.84. The predicted octanol–water partition coefficient (Wildman–Crippen LogP) is 16.0. The van der Waals surface area contributed by atoms with E-state index in [2.05, 4.69) is 196 Å². The van der Waals surface area contributed by atoms with E-state index in [0.717, 1.165) is 0 Å². The third kappa shape index (κ3) is 4.35. The van der Waals surface area contributed by atoms with Crippen LogP contribution in [0.25, 0.3) is 108 Å². The lowest BCUT2D eigenvalue weighted by atomic mass is 9.81. The van der Waals surface area contributed by atoms with Crippen molar-refractivity contribution >= 4 is 74.6 Å². The Morgan fingerprint density at radius 1 is 0.375 bits per heavy atom. The van der Waals surface area contributed by atoms with E-state index in [1.54, 1.807) is 0 Å². The average molecular weight is 729 g/mol. The van der Waals surface area contributed by atoms with Crippen molar-refractivity contribution in [2.45, 2.75) is 19.3 Å². The summed E-state index contributed by atoms with van der Waals surface area (Å²) in [5.74, 6) is 0. The first kappa shape index (κ1) is 31.8. The van der Waals surface area contributed by atoms with Crippen LogP contribution in [-0.2, 0) is 5.41 Å². The van der Waals surface area contributed by atoms with Gasteiger partial charge in [0.25, 0.3) is 0 Å². The molecule has 0 saturated carbocycles. The zero-order chi connectivity index (χ0) is 37.1. The molecule has 1 aromatic heterocycles. The molecule has 0 amide bonds. The first-order valence-electron chi connectivity index (χ1n) is 19.6. The minimum atomic E-state index is -0.115. The zero-order valence-corrected chi connectivity index (χ0v) is 32.0. The summed E-state index contributed by atoms with van der Waals surface area (Å²) in [5, 5.41) is 13.0. The van der Waals surface area contributed by atoms with E-state index in [-0.39, 0.29) is 5.41 Å². The molecule has 0 bridgehead atoms. The number of benzene rings is 10. The number of thiophene rings is 1. The van der Waals surface area contributed by atoms with Crippen LogP contribution in [0.3, 0.4) is 0 Å². The van der Waals surface area contributed by atoms with Gasteiger partial charge in [0.05, 0.1) is 0 Å². The van der Waals surface area contributed by atoms with E-state index in [0.29, 0.717) is 0 Å². The number of rotatable bonds is 3. The molecule has 0 saturated heterocycles. The summed E-state index contributed by atoms with van der Waals surface area (Å²) >= 11 is 1.96. The van der Waals surface area contributed by atoms with Gasteiger partial charge in [0.2, 0.25) is 0 Å². The van der Waals surface area contributed by atoms with Gasteiger partial charge in [0.1, 0.15) is 0 Å². The van der Waals surface area contributed by atoms with Crippen LogP contribution in [0.2, 0.25) is 0 Å². The van der Waals surface area contributed by atoms with Crippen molar-refractivity contribution in [2.24, 2.45) is 0 Å². The van der Waals surface area contributed by atoms with Gasteiger partial charge in [-0.1, -0.05) is 184 Å². The van der Waals surface area contributed by atoms with Crippen LogP contribution in [0, 0.1) is 0 Å². The van der Waals surface area contributed by atoms with Crippen molar-refractivity contribution < 1.29 is 0 Å². The summed E-state index contributed by atoms with van der Waals surface area (Å²) in [6, 6.07) is 68.0. The third-order valence-electron chi connectivity index (χ3n) is 12.6. The maximum Gasteiger partial charge on any atom is 0.0408 e. The molecule has 1 heteroatoms. The molecular weight excluding hydrogens is 693 g/mol. The monoisotopic (exact) mass is 728 g/mol. The normalized spacial score (nSPS) is 13.3. The quantitative estimate of drug-likeness (QED) is 0.159. The van der Waals surface area contributed by atoms with Gasteiger partial charge < -0.3 is 0 Å². The van der Waals surface area contributed by atoms with Gasteiger partial charge in [0.15, 0.2) is 0 Å². The Morgan fingerprint density at radius 2 is 0.911 bits per heavy atom. The molecule has 0 unspecified atom stereocenters. The molecular formula is C55H36S. The minimum Gasteiger partial charge on any atom is -0.135 e. The summed E-state index contributed by atoms with van der Waals surface area (Å²) in [6.07, 6.45) is 0. The van der Waals surface area contributed by atoms with Crippen LogP contribution in [-0.4, -0.2) is 0 Å². The van der Waals surface area contributed by atoms with Gasteiger partial charge in [-0.15, -0.1) is 11.3 Å². The fraction of sp³-hybridized carbons (Fsp3) is 0.0545. The fourth-order valence-corrected chi connectivity index (χ4v) is 11.6. The van der Waals surface area contributed by atoms with Crippen molar-refractivity contribution in [3.63, 3.8) is 0 Å². The first-order valence-corrected chi connectivity index (χ1v) is 20.4. The van der Waals surface area contributed by atoms with Crippen molar-refractivity contribution in [1.82, 2.24) is 0 Å². The lowest BCUT2D eigenvalue weighted by Crippen LogP contribution is -2.15. The molecule has 0 N–H and O–H groups in total. The Bertz CT molecular complexity index is 3370. The lowest BCUT2D eigenvalue weighted by molar-refractivity contribution is 0.667. The summed E-state index contributed by atoms with van der Waals surface area (Å²) < 4.78 is 2.75. The molecule has 11 aromatic rings. The van der Waals surface area contributed by atoms with Crippen LogP contribution < -0.4 is 0 Å². The third-order valence-corrected chi connectivity index (χ3v) is 13.8. The van der Waals surface area contributed by atoms with E-state index in [1.165, 1.54) is 119 Å². The highest BCUT2D eigenvalue weighted by atomic mass is 32.1. The van der Waals surface area contributed by atoms with Gasteiger partial charge >= 0.3 is 0 Å². The largest absolute Gasteiger partial charge is 0.135 e. The Morgan fingerprint density at radius 3 is 1.61 bits per heavy atom. The summed E-state index contributed by atoms with van der Waals surface area (Å²) in [5.41, 5.74) is 13.2. The SMILES string of the molecule is CC1(C)c2ccc3ccccc3c2-c2cc(-c3ccc(-c4c5ccccc5c(-c5cccc6ccccc56)c5ccccc45)cc3)c3c(sc4ccccc43)c21. The number of fused-ring (bicyclic) bond motifs is 12. The Hall–Kier alpha value is -6.54. The van der Waals surface area contributed by atoms with E-state index in [9.17, 15) is 0 Å². The van der Waals surface area contributed by atoms with Crippen LogP contribution in [0.5, 0.6) is 0 Å². The molecule has 10 aromatic carbocycles. The van der Waals surface area contributed by atoms with Crippen molar-refractivity contribution in [3.05, 3.63) is 193 Å². The van der Waals surface area contributed by atoms with Gasteiger partial charge in [-0.3, -0.25) is 0 Å². The van der Waals surface area contributed by atoms with Crippen molar-refractivity contribution in [3.8, 4) is 44.5 Å². The molecule has 0 aliphatic heterocycles. The highest BCUT2D eigenvalue weighted by Gasteiger charge is 2.39. The molecule has 0 radical (unpaired) electrons. The predicted molar refractivity (Wildman–Crippen MR) is 243 cm³/mol. The molecule has 1 heterocycles. The smallest absolute Gasteiger partial charge is 0.0408 e. The van der Waals surface area contributed by atoms with E-state index < -0.39 is 0 Å². The Balaban J connectivity index is 1.10. The molecule has 0 spiro atoms. The highest BCUT2D eigenvalue weighted by molar-refractivity contribution is 7.26. The summed E-state index contributed by atoms with van der Waals surface area (Å²) in [7, 11) is 0. The lowest BCUT2D eigenvalue weighted by Gasteiger charge is -2.23. The summed E-state index contributed by atoms with van der Waals surface area (Å²) in [4.78, 5) is 0. The van der Waals surface area contributed by atoms with Crippen LogP contribution in [0.1, 0.15) is 25.0 Å². The maximum atomic E-state index is 2.52. The fourth-order valence-electron chi connectivity index (χ4n) is 10.2. The van der Waals surface area contributed by atoms with Gasteiger partial charge in [-0.2, -0.15) is 0 Å². The second-order valence-corrected chi connectivity index (χ2v) is 17.0. The van der Waals surface area contributed by atoms with Crippen LogP contribution in [0.4, 0.5) is 0 Å².